The molecule has 0 aliphatic carbocycles. The molecule has 9 rings (SSSR count). The number of aromatic nitrogens is 4. The molecular weight excluding hydrogens is 636 g/mol. The lowest BCUT2D eigenvalue weighted by atomic mass is 10.1. The zero-order valence-electron chi connectivity index (χ0n) is 23.9. The standard InChI is InChI=1S/C39H23BrN4S/c40-26-21-25(22-27(23-26)44-33-18-7-4-13-28(33)29-14-5-8-19-34(29)44)38-41-37(24-11-2-1-3-12-24)42-39(43-38)32-17-10-16-31-30-15-6-9-20-35(30)45-36(31)32/h1-23H. The summed E-state index contributed by atoms with van der Waals surface area (Å²) in [6, 6.07) is 48.6. The third kappa shape index (κ3) is 4.37. The molecule has 6 aromatic carbocycles. The lowest BCUT2D eigenvalue weighted by Crippen LogP contribution is -2.01. The van der Waals surface area contributed by atoms with E-state index in [1.54, 1.807) is 11.3 Å². The zero-order valence-corrected chi connectivity index (χ0v) is 26.3. The van der Waals surface area contributed by atoms with Crippen molar-refractivity contribution < 1.29 is 0 Å². The topological polar surface area (TPSA) is 43.6 Å². The van der Waals surface area contributed by atoms with Crippen LogP contribution in [0.2, 0.25) is 0 Å². The van der Waals surface area contributed by atoms with Gasteiger partial charge in [0.15, 0.2) is 17.5 Å². The van der Waals surface area contributed by atoms with Crippen LogP contribution in [0.15, 0.2) is 144 Å². The minimum absolute atomic E-state index is 0.625. The molecule has 0 saturated carbocycles. The maximum absolute atomic E-state index is 5.16. The monoisotopic (exact) mass is 658 g/mol. The lowest BCUT2D eigenvalue weighted by Gasteiger charge is -2.12. The molecule has 0 radical (unpaired) electrons. The molecule has 3 heterocycles. The van der Waals surface area contributed by atoms with Crippen molar-refractivity contribution in [2.75, 3.05) is 0 Å². The molecule has 0 fully saturated rings. The fraction of sp³-hybridized carbons (Fsp3) is 0. The van der Waals surface area contributed by atoms with E-state index in [0.717, 1.165) is 37.9 Å². The average molecular weight is 660 g/mol. The van der Waals surface area contributed by atoms with Gasteiger partial charge in [0.1, 0.15) is 0 Å². The minimum atomic E-state index is 0.625. The van der Waals surface area contributed by atoms with Crippen molar-refractivity contribution in [2.45, 2.75) is 0 Å². The molecular formula is C39H23BrN4S. The highest BCUT2D eigenvalue weighted by molar-refractivity contribution is 9.10. The predicted octanol–water partition coefficient (Wildman–Crippen LogP) is 11.1. The number of para-hydroxylation sites is 2. The van der Waals surface area contributed by atoms with Gasteiger partial charge in [-0.05, 0) is 42.5 Å². The van der Waals surface area contributed by atoms with E-state index in [1.807, 2.05) is 30.3 Å². The number of rotatable bonds is 4. The normalized spacial score (nSPS) is 11.7. The summed E-state index contributed by atoms with van der Waals surface area (Å²) in [6.07, 6.45) is 0. The van der Waals surface area contributed by atoms with Gasteiger partial charge in [-0.25, -0.2) is 15.0 Å². The smallest absolute Gasteiger partial charge is 0.165 e. The van der Waals surface area contributed by atoms with Crippen LogP contribution in [0.1, 0.15) is 0 Å². The van der Waals surface area contributed by atoms with Crippen LogP contribution >= 0.6 is 27.3 Å². The SMILES string of the molecule is Brc1cc(-c2nc(-c3ccccc3)nc(-c3cccc4c3sc3ccccc34)n2)cc(-n2c3ccccc3c3ccccc32)c1. The first-order chi connectivity index (χ1) is 22.2. The number of benzene rings is 6. The molecule has 4 nitrogen and oxygen atoms in total. The molecule has 0 bridgehead atoms. The minimum Gasteiger partial charge on any atom is -0.309 e. The fourth-order valence-corrected chi connectivity index (χ4v) is 7.99. The number of hydrogen-bond acceptors (Lipinski definition) is 4. The van der Waals surface area contributed by atoms with Crippen LogP contribution in [-0.2, 0) is 0 Å². The van der Waals surface area contributed by atoms with Gasteiger partial charge in [-0.2, -0.15) is 0 Å². The van der Waals surface area contributed by atoms with Crippen molar-refractivity contribution >= 4 is 69.2 Å². The van der Waals surface area contributed by atoms with Crippen LogP contribution < -0.4 is 0 Å². The Balaban J connectivity index is 1.29. The highest BCUT2D eigenvalue weighted by Gasteiger charge is 2.18. The number of hydrogen-bond donors (Lipinski definition) is 0. The van der Waals surface area contributed by atoms with Crippen LogP contribution in [-0.4, -0.2) is 19.5 Å². The van der Waals surface area contributed by atoms with E-state index in [-0.39, 0.29) is 0 Å². The molecule has 0 spiro atoms. The molecule has 0 amide bonds. The van der Waals surface area contributed by atoms with Gasteiger partial charge in [-0.1, -0.05) is 113 Å². The van der Waals surface area contributed by atoms with Crippen LogP contribution in [0.3, 0.4) is 0 Å². The summed E-state index contributed by atoms with van der Waals surface area (Å²) < 4.78 is 5.69. The Labute approximate surface area is 271 Å². The summed E-state index contributed by atoms with van der Waals surface area (Å²) in [7, 11) is 0. The molecule has 0 atom stereocenters. The first kappa shape index (κ1) is 26.3. The Hall–Kier alpha value is -5.17. The second-order valence-electron chi connectivity index (χ2n) is 11.0. The second-order valence-corrected chi connectivity index (χ2v) is 13.0. The second kappa shape index (κ2) is 10.5. The molecule has 0 N–H and O–H groups in total. The molecule has 212 valence electrons. The summed E-state index contributed by atoms with van der Waals surface area (Å²) in [4.78, 5) is 15.3. The number of nitrogens with zero attached hydrogens (tertiary/aromatic N) is 4. The lowest BCUT2D eigenvalue weighted by molar-refractivity contribution is 1.07. The van der Waals surface area contributed by atoms with Gasteiger partial charge < -0.3 is 4.57 Å². The molecule has 0 saturated heterocycles. The maximum atomic E-state index is 5.16. The van der Waals surface area contributed by atoms with E-state index in [9.17, 15) is 0 Å². The van der Waals surface area contributed by atoms with Crippen molar-refractivity contribution in [3.63, 3.8) is 0 Å². The number of halogens is 1. The summed E-state index contributed by atoms with van der Waals surface area (Å²) in [5.41, 5.74) is 6.20. The van der Waals surface area contributed by atoms with E-state index in [1.165, 1.54) is 30.9 Å². The van der Waals surface area contributed by atoms with Crippen LogP contribution in [0, 0.1) is 0 Å². The molecule has 3 aromatic heterocycles. The largest absolute Gasteiger partial charge is 0.309 e. The molecule has 0 unspecified atom stereocenters. The van der Waals surface area contributed by atoms with E-state index in [4.69, 9.17) is 15.0 Å². The van der Waals surface area contributed by atoms with E-state index < -0.39 is 0 Å². The van der Waals surface area contributed by atoms with Gasteiger partial charge in [0.05, 0.1) is 11.0 Å². The third-order valence-electron chi connectivity index (χ3n) is 8.29. The highest BCUT2D eigenvalue weighted by atomic mass is 79.9. The quantitative estimate of drug-likeness (QED) is 0.189. The van der Waals surface area contributed by atoms with E-state index in [0.29, 0.717) is 17.5 Å². The number of thiophene rings is 1. The average Bonchev–Trinajstić information content (AvgIpc) is 3.64. The summed E-state index contributed by atoms with van der Waals surface area (Å²) in [6.45, 7) is 0. The molecule has 6 heteroatoms. The molecule has 45 heavy (non-hydrogen) atoms. The van der Waals surface area contributed by atoms with Crippen molar-refractivity contribution in [3.8, 4) is 39.9 Å². The van der Waals surface area contributed by atoms with Gasteiger partial charge in [-0.3, -0.25) is 0 Å². The van der Waals surface area contributed by atoms with Crippen molar-refractivity contribution in [2.24, 2.45) is 0 Å². The first-order valence-electron chi connectivity index (χ1n) is 14.7. The van der Waals surface area contributed by atoms with Crippen LogP contribution in [0.5, 0.6) is 0 Å². The van der Waals surface area contributed by atoms with Crippen LogP contribution in [0.4, 0.5) is 0 Å². The Kier molecular flexibility index (Phi) is 6.11. The van der Waals surface area contributed by atoms with Gasteiger partial charge >= 0.3 is 0 Å². The van der Waals surface area contributed by atoms with E-state index >= 15 is 0 Å². The van der Waals surface area contributed by atoms with Crippen molar-refractivity contribution in [1.82, 2.24) is 19.5 Å². The zero-order chi connectivity index (χ0) is 29.9. The van der Waals surface area contributed by atoms with Gasteiger partial charge in [0.25, 0.3) is 0 Å². The molecule has 0 aliphatic heterocycles. The highest BCUT2D eigenvalue weighted by Crippen LogP contribution is 2.40. The molecule has 0 aliphatic rings. The summed E-state index contributed by atoms with van der Waals surface area (Å²) in [5.74, 6) is 1.93. The summed E-state index contributed by atoms with van der Waals surface area (Å²) in [5, 5.41) is 4.91. The Morgan fingerprint density at radius 3 is 1.84 bits per heavy atom. The Morgan fingerprint density at radius 2 is 1.09 bits per heavy atom. The van der Waals surface area contributed by atoms with Crippen LogP contribution in [0.25, 0.3) is 81.8 Å². The van der Waals surface area contributed by atoms with Crippen molar-refractivity contribution in [3.05, 3.63) is 144 Å². The predicted molar refractivity (Wildman–Crippen MR) is 191 cm³/mol. The summed E-state index contributed by atoms with van der Waals surface area (Å²) >= 11 is 5.60. The number of fused-ring (bicyclic) bond motifs is 6. The maximum Gasteiger partial charge on any atom is 0.165 e. The van der Waals surface area contributed by atoms with Crippen molar-refractivity contribution in [1.29, 1.82) is 0 Å². The van der Waals surface area contributed by atoms with E-state index in [2.05, 4.69) is 130 Å². The Bertz CT molecular complexity index is 2510. The van der Waals surface area contributed by atoms with Gasteiger partial charge in [0.2, 0.25) is 0 Å². The third-order valence-corrected chi connectivity index (χ3v) is 9.97. The first-order valence-corrected chi connectivity index (χ1v) is 16.3. The van der Waals surface area contributed by atoms with Gasteiger partial charge in [-0.15, -0.1) is 11.3 Å². The molecule has 9 aromatic rings. The van der Waals surface area contributed by atoms with Gasteiger partial charge in [0, 0.05) is 57.8 Å². The Morgan fingerprint density at radius 1 is 0.489 bits per heavy atom. The fourth-order valence-electron chi connectivity index (χ4n) is 6.30.